The largest absolute Gasteiger partial charge is 0.466 e. The summed E-state index contributed by atoms with van der Waals surface area (Å²) in [7, 11) is 0. The molecule has 2 saturated carbocycles. The van der Waals surface area contributed by atoms with Crippen LogP contribution in [-0.4, -0.2) is 18.4 Å². The average molecular weight is 196 g/mol. The second kappa shape index (κ2) is 3.37. The van der Waals surface area contributed by atoms with Gasteiger partial charge in [0.2, 0.25) is 0 Å². The molecule has 0 aliphatic heterocycles. The van der Waals surface area contributed by atoms with Crippen LogP contribution in [0.1, 0.15) is 39.0 Å². The fourth-order valence-corrected chi connectivity index (χ4v) is 2.50. The van der Waals surface area contributed by atoms with E-state index in [1.165, 1.54) is 0 Å². The van der Waals surface area contributed by atoms with Gasteiger partial charge in [0.05, 0.1) is 12.5 Å². The van der Waals surface area contributed by atoms with Gasteiger partial charge in [-0.3, -0.25) is 9.59 Å². The fraction of sp³-hybridized carbons (Fsp3) is 0.818. The van der Waals surface area contributed by atoms with Crippen molar-refractivity contribution in [3.05, 3.63) is 0 Å². The minimum absolute atomic E-state index is 0.0538. The lowest BCUT2D eigenvalue weighted by Gasteiger charge is -2.20. The SMILES string of the molecule is CCOC(=O)[C@@H]1CC12CCC(=O)CC2. The third kappa shape index (κ3) is 1.56. The van der Waals surface area contributed by atoms with Crippen molar-refractivity contribution in [2.45, 2.75) is 39.0 Å². The van der Waals surface area contributed by atoms with Gasteiger partial charge in [-0.25, -0.2) is 0 Å². The maximum absolute atomic E-state index is 11.5. The first-order chi connectivity index (χ1) is 6.68. The summed E-state index contributed by atoms with van der Waals surface area (Å²) in [5, 5.41) is 0. The predicted octanol–water partition coefficient (Wildman–Crippen LogP) is 1.70. The molecule has 0 amide bonds. The molecular formula is C11H16O3. The molecule has 0 radical (unpaired) electrons. The van der Waals surface area contributed by atoms with E-state index in [1.807, 2.05) is 6.92 Å². The van der Waals surface area contributed by atoms with E-state index >= 15 is 0 Å². The predicted molar refractivity (Wildman–Crippen MR) is 50.6 cm³/mol. The van der Waals surface area contributed by atoms with Crippen LogP contribution < -0.4 is 0 Å². The molecule has 14 heavy (non-hydrogen) atoms. The maximum atomic E-state index is 11.5. The van der Waals surface area contributed by atoms with Crippen molar-refractivity contribution in [2.24, 2.45) is 11.3 Å². The first-order valence-corrected chi connectivity index (χ1v) is 5.36. The molecule has 0 aromatic rings. The van der Waals surface area contributed by atoms with Crippen molar-refractivity contribution in [1.29, 1.82) is 0 Å². The highest BCUT2D eigenvalue weighted by molar-refractivity contribution is 5.82. The van der Waals surface area contributed by atoms with Crippen molar-refractivity contribution in [3.8, 4) is 0 Å². The van der Waals surface area contributed by atoms with Crippen molar-refractivity contribution in [3.63, 3.8) is 0 Å². The quantitative estimate of drug-likeness (QED) is 0.631. The second-order valence-corrected chi connectivity index (χ2v) is 4.41. The molecule has 2 aliphatic rings. The third-order valence-electron chi connectivity index (χ3n) is 3.56. The molecule has 3 heteroatoms. The number of hydrogen-bond donors (Lipinski definition) is 0. The molecule has 2 aliphatic carbocycles. The van der Waals surface area contributed by atoms with Crippen molar-refractivity contribution >= 4 is 11.8 Å². The van der Waals surface area contributed by atoms with Crippen LogP contribution in [-0.2, 0) is 14.3 Å². The molecule has 1 atom stereocenters. The summed E-state index contributed by atoms with van der Waals surface area (Å²) in [5.74, 6) is 0.391. The van der Waals surface area contributed by atoms with Crippen molar-refractivity contribution in [2.75, 3.05) is 6.61 Å². The Morgan fingerprint density at radius 1 is 1.50 bits per heavy atom. The van der Waals surface area contributed by atoms with Crippen LogP contribution in [0.2, 0.25) is 0 Å². The molecule has 2 rings (SSSR count). The van der Waals surface area contributed by atoms with E-state index in [0.29, 0.717) is 25.2 Å². The fourth-order valence-electron chi connectivity index (χ4n) is 2.50. The second-order valence-electron chi connectivity index (χ2n) is 4.41. The first kappa shape index (κ1) is 9.69. The summed E-state index contributed by atoms with van der Waals surface area (Å²) in [6.45, 7) is 2.29. The van der Waals surface area contributed by atoms with Crippen LogP contribution in [0.5, 0.6) is 0 Å². The highest BCUT2D eigenvalue weighted by Crippen LogP contribution is 2.61. The van der Waals surface area contributed by atoms with Crippen LogP contribution >= 0.6 is 0 Å². The monoisotopic (exact) mass is 196 g/mol. The number of hydrogen-bond acceptors (Lipinski definition) is 3. The van der Waals surface area contributed by atoms with E-state index in [4.69, 9.17) is 4.74 Å². The van der Waals surface area contributed by atoms with Gasteiger partial charge in [0.15, 0.2) is 0 Å². The summed E-state index contributed by atoms with van der Waals surface area (Å²) >= 11 is 0. The summed E-state index contributed by atoms with van der Waals surface area (Å²) in [4.78, 5) is 22.5. The molecule has 0 N–H and O–H groups in total. The van der Waals surface area contributed by atoms with E-state index in [9.17, 15) is 9.59 Å². The van der Waals surface area contributed by atoms with Gasteiger partial charge in [0.1, 0.15) is 5.78 Å². The van der Waals surface area contributed by atoms with Crippen LogP contribution in [0, 0.1) is 11.3 Å². The van der Waals surface area contributed by atoms with E-state index in [2.05, 4.69) is 0 Å². The van der Waals surface area contributed by atoms with Gasteiger partial charge < -0.3 is 4.74 Å². The Morgan fingerprint density at radius 2 is 2.14 bits per heavy atom. The van der Waals surface area contributed by atoms with Crippen molar-refractivity contribution < 1.29 is 14.3 Å². The number of Topliss-reactive ketones (excluding diaryl/α,β-unsaturated/α-hetero) is 1. The number of ether oxygens (including phenoxy) is 1. The van der Waals surface area contributed by atoms with E-state index < -0.39 is 0 Å². The standard InChI is InChI=1S/C11H16O3/c1-2-14-10(13)9-7-11(9)5-3-8(12)4-6-11/h9H,2-7H2,1H3/t9-/m0/s1. The average Bonchev–Trinajstić information content (AvgIpc) is 2.87. The van der Waals surface area contributed by atoms with Gasteiger partial charge in [-0.1, -0.05) is 0 Å². The molecular weight excluding hydrogens is 180 g/mol. The molecule has 1 spiro atoms. The molecule has 0 aromatic heterocycles. The van der Waals surface area contributed by atoms with Gasteiger partial charge in [-0.15, -0.1) is 0 Å². The molecule has 78 valence electrons. The molecule has 2 fully saturated rings. The Balaban J connectivity index is 1.90. The molecule has 3 nitrogen and oxygen atoms in total. The highest BCUT2D eigenvalue weighted by atomic mass is 16.5. The van der Waals surface area contributed by atoms with E-state index in [0.717, 1.165) is 19.3 Å². The van der Waals surface area contributed by atoms with Gasteiger partial charge >= 0.3 is 5.97 Å². The summed E-state index contributed by atoms with van der Waals surface area (Å²) in [5.41, 5.74) is 0.153. The molecule has 0 unspecified atom stereocenters. The molecule has 0 aromatic carbocycles. The highest BCUT2D eigenvalue weighted by Gasteiger charge is 2.59. The van der Waals surface area contributed by atoms with Gasteiger partial charge in [0, 0.05) is 12.8 Å². The number of rotatable bonds is 2. The number of esters is 1. The van der Waals surface area contributed by atoms with Crippen LogP contribution in [0.15, 0.2) is 0 Å². The zero-order chi connectivity index (χ0) is 10.2. The van der Waals surface area contributed by atoms with Crippen LogP contribution in [0.25, 0.3) is 0 Å². The van der Waals surface area contributed by atoms with E-state index in [1.54, 1.807) is 0 Å². The van der Waals surface area contributed by atoms with Crippen LogP contribution in [0.4, 0.5) is 0 Å². The lowest BCUT2D eigenvalue weighted by Crippen LogP contribution is -2.20. The summed E-state index contributed by atoms with van der Waals surface area (Å²) < 4.78 is 5.00. The third-order valence-corrected chi connectivity index (χ3v) is 3.56. The Kier molecular flexibility index (Phi) is 2.33. The molecule has 0 saturated heterocycles. The normalized spacial score (nSPS) is 28.9. The first-order valence-electron chi connectivity index (χ1n) is 5.36. The number of ketones is 1. The smallest absolute Gasteiger partial charge is 0.309 e. The molecule has 0 bridgehead atoms. The maximum Gasteiger partial charge on any atom is 0.309 e. The Labute approximate surface area is 83.8 Å². The Hall–Kier alpha value is -0.860. The molecule has 0 heterocycles. The lowest BCUT2D eigenvalue weighted by atomic mass is 9.84. The van der Waals surface area contributed by atoms with Gasteiger partial charge in [-0.05, 0) is 31.6 Å². The summed E-state index contributed by atoms with van der Waals surface area (Å²) in [6, 6.07) is 0. The van der Waals surface area contributed by atoms with Crippen molar-refractivity contribution in [1.82, 2.24) is 0 Å². The van der Waals surface area contributed by atoms with E-state index in [-0.39, 0.29) is 17.3 Å². The zero-order valence-electron chi connectivity index (χ0n) is 8.54. The number of carbonyl (C=O) groups is 2. The lowest BCUT2D eigenvalue weighted by molar-refractivity contribution is -0.146. The summed E-state index contributed by atoms with van der Waals surface area (Å²) in [6.07, 6.45) is 4.07. The number of carbonyl (C=O) groups excluding carboxylic acids is 2. The zero-order valence-corrected chi connectivity index (χ0v) is 8.54. The van der Waals surface area contributed by atoms with Crippen LogP contribution in [0.3, 0.4) is 0 Å². The Morgan fingerprint density at radius 3 is 2.71 bits per heavy atom. The topological polar surface area (TPSA) is 43.4 Å². The van der Waals surface area contributed by atoms with Gasteiger partial charge in [0.25, 0.3) is 0 Å². The Bertz CT molecular complexity index is 260. The van der Waals surface area contributed by atoms with Gasteiger partial charge in [-0.2, -0.15) is 0 Å². The minimum Gasteiger partial charge on any atom is -0.466 e. The minimum atomic E-state index is -0.0538.